The highest BCUT2D eigenvalue weighted by molar-refractivity contribution is 7.09. The zero-order chi connectivity index (χ0) is 14.0. The standard InChI is InChI=1S/C15H20N4S/c1-11-7-17-13(8-16-11)9-18-15(5-3-4-6-15)14-19-12(2)10-20-14/h7-8,10,18H,3-6,9H2,1-2H3. The number of aromatic nitrogens is 3. The first-order chi connectivity index (χ1) is 9.68. The van der Waals surface area contributed by atoms with Crippen molar-refractivity contribution in [3.05, 3.63) is 39.9 Å². The van der Waals surface area contributed by atoms with Crippen molar-refractivity contribution in [2.24, 2.45) is 0 Å². The van der Waals surface area contributed by atoms with Crippen LogP contribution in [0.1, 0.15) is 47.8 Å². The van der Waals surface area contributed by atoms with E-state index in [0.29, 0.717) is 0 Å². The molecule has 1 aliphatic carbocycles. The van der Waals surface area contributed by atoms with Gasteiger partial charge in [0.15, 0.2) is 0 Å². The zero-order valence-corrected chi connectivity index (χ0v) is 12.8. The second-order valence-electron chi connectivity index (χ2n) is 5.59. The van der Waals surface area contributed by atoms with Crippen LogP contribution in [0.2, 0.25) is 0 Å². The fraction of sp³-hybridized carbons (Fsp3) is 0.533. The average molecular weight is 288 g/mol. The van der Waals surface area contributed by atoms with E-state index >= 15 is 0 Å². The second-order valence-corrected chi connectivity index (χ2v) is 6.44. The van der Waals surface area contributed by atoms with E-state index in [2.05, 4.69) is 27.6 Å². The number of nitrogens with zero attached hydrogens (tertiary/aromatic N) is 3. The molecule has 0 unspecified atom stereocenters. The molecule has 20 heavy (non-hydrogen) atoms. The van der Waals surface area contributed by atoms with Crippen LogP contribution in [-0.4, -0.2) is 15.0 Å². The van der Waals surface area contributed by atoms with Crippen LogP contribution >= 0.6 is 11.3 Å². The van der Waals surface area contributed by atoms with E-state index in [1.165, 1.54) is 30.7 Å². The van der Waals surface area contributed by atoms with Crippen LogP contribution in [0.3, 0.4) is 0 Å². The molecule has 0 aromatic carbocycles. The van der Waals surface area contributed by atoms with E-state index in [1.807, 2.05) is 19.3 Å². The molecule has 0 amide bonds. The van der Waals surface area contributed by atoms with E-state index in [0.717, 1.165) is 23.6 Å². The van der Waals surface area contributed by atoms with Gasteiger partial charge < -0.3 is 0 Å². The van der Waals surface area contributed by atoms with Gasteiger partial charge in [-0.15, -0.1) is 11.3 Å². The summed E-state index contributed by atoms with van der Waals surface area (Å²) < 4.78 is 0. The average Bonchev–Trinajstić information content (AvgIpc) is 3.08. The largest absolute Gasteiger partial charge is 0.300 e. The molecule has 1 fully saturated rings. The molecule has 2 heterocycles. The van der Waals surface area contributed by atoms with Crippen LogP contribution in [0.25, 0.3) is 0 Å². The highest BCUT2D eigenvalue weighted by Crippen LogP contribution is 2.40. The predicted octanol–water partition coefficient (Wildman–Crippen LogP) is 3.11. The van der Waals surface area contributed by atoms with Gasteiger partial charge in [-0.05, 0) is 26.7 Å². The molecule has 0 atom stereocenters. The highest BCUT2D eigenvalue weighted by Gasteiger charge is 2.37. The van der Waals surface area contributed by atoms with Gasteiger partial charge in [0.2, 0.25) is 0 Å². The first-order valence-electron chi connectivity index (χ1n) is 7.13. The quantitative estimate of drug-likeness (QED) is 0.939. The Kier molecular flexibility index (Phi) is 3.81. The van der Waals surface area contributed by atoms with Gasteiger partial charge in [0.1, 0.15) is 5.01 Å². The topological polar surface area (TPSA) is 50.7 Å². The second kappa shape index (κ2) is 5.58. The Morgan fingerprint density at radius 3 is 2.55 bits per heavy atom. The van der Waals surface area contributed by atoms with Crippen LogP contribution < -0.4 is 5.32 Å². The summed E-state index contributed by atoms with van der Waals surface area (Å²) in [6.45, 7) is 4.78. The molecule has 2 aromatic heterocycles. The highest BCUT2D eigenvalue weighted by atomic mass is 32.1. The molecule has 1 aliphatic rings. The van der Waals surface area contributed by atoms with Crippen LogP contribution in [0.4, 0.5) is 0 Å². The smallest absolute Gasteiger partial charge is 0.113 e. The fourth-order valence-electron chi connectivity index (χ4n) is 2.79. The van der Waals surface area contributed by atoms with Gasteiger partial charge in [-0.25, -0.2) is 4.98 Å². The van der Waals surface area contributed by atoms with E-state index < -0.39 is 0 Å². The SMILES string of the molecule is Cc1cnc(CNC2(c3nc(C)cs3)CCCC2)cn1. The van der Waals surface area contributed by atoms with Crippen molar-refractivity contribution in [1.82, 2.24) is 20.3 Å². The minimum atomic E-state index is 0.0471. The maximum absolute atomic E-state index is 4.71. The van der Waals surface area contributed by atoms with E-state index in [9.17, 15) is 0 Å². The van der Waals surface area contributed by atoms with Gasteiger partial charge in [-0.2, -0.15) is 0 Å². The van der Waals surface area contributed by atoms with Gasteiger partial charge in [0.25, 0.3) is 0 Å². The van der Waals surface area contributed by atoms with E-state index in [-0.39, 0.29) is 5.54 Å². The van der Waals surface area contributed by atoms with Crippen LogP contribution in [-0.2, 0) is 12.1 Å². The van der Waals surface area contributed by atoms with Crippen molar-refractivity contribution >= 4 is 11.3 Å². The lowest BCUT2D eigenvalue weighted by atomic mass is 9.98. The summed E-state index contributed by atoms with van der Waals surface area (Å²) in [7, 11) is 0. The first kappa shape index (κ1) is 13.6. The molecule has 0 bridgehead atoms. The summed E-state index contributed by atoms with van der Waals surface area (Å²) in [6.07, 6.45) is 8.55. The Morgan fingerprint density at radius 2 is 1.95 bits per heavy atom. The Bertz CT molecular complexity index is 570. The third-order valence-electron chi connectivity index (χ3n) is 3.93. The summed E-state index contributed by atoms with van der Waals surface area (Å²) in [6, 6.07) is 0. The third kappa shape index (κ3) is 2.74. The molecular weight excluding hydrogens is 268 g/mol. The molecule has 3 rings (SSSR count). The lowest BCUT2D eigenvalue weighted by molar-refractivity contribution is 0.335. The number of aryl methyl sites for hydroxylation is 2. The Hall–Kier alpha value is -1.33. The summed E-state index contributed by atoms with van der Waals surface area (Å²) in [5.41, 5.74) is 3.12. The maximum Gasteiger partial charge on any atom is 0.113 e. The Labute approximate surface area is 123 Å². The molecule has 5 heteroatoms. The zero-order valence-electron chi connectivity index (χ0n) is 12.0. The lowest BCUT2D eigenvalue weighted by Gasteiger charge is -2.28. The molecule has 0 saturated heterocycles. The summed E-state index contributed by atoms with van der Waals surface area (Å²) >= 11 is 1.77. The summed E-state index contributed by atoms with van der Waals surface area (Å²) in [5.74, 6) is 0. The van der Waals surface area contributed by atoms with E-state index in [1.54, 1.807) is 11.3 Å². The molecule has 1 N–H and O–H groups in total. The van der Waals surface area contributed by atoms with Gasteiger partial charge in [-0.1, -0.05) is 12.8 Å². The molecule has 1 saturated carbocycles. The first-order valence-corrected chi connectivity index (χ1v) is 8.01. The Morgan fingerprint density at radius 1 is 1.15 bits per heavy atom. The fourth-order valence-corrected chi connectivity index (χ4v) is 3.82. The minimum Gasteiger partial charge on any atom is -0.300 e. The maximum atomic E-state index is 4.71. The number of hydrogen-bond acceptors (Lipinski definition) is 5. The van der Waals surface area contributed by atoms with E-state index in [4.69, 9.17) is 4.98 Å². The lowest BCUT2D eigenvalue weighted by Crippen LogP contribution is -2.39. The summed E-state index contributed by atoms with van der Waals surface area (Å²) in [5, 5.41) is 7.08. The Balaban J connectivity index is 1.76. The van der Waals surface area contributed by atoms with Crippen LogP contribution in [0.15, 0.2) is 17.8 Å². The van der Waals surface area contributed by atoms with Crippen LogP contribution in [0.5, 0.6) is 0 Å². The van der Waals surface area contributed by atoms with Gasteiger partial charge in [0, 0.05) is 30.0 Å². The monoisotopic (exact) mass is 288 g/mol. The summed E-state index contributed by atoms with van der Waals surface area (Å²) in [4.78, 5) is 13.4. The number of thiazole rings is 1. The van der Waals surface area contributed by atoms with Gasteiger partial charge in [0.05, 0.1) is 16.9 Å². The van der Waals surface area contributed by atoms with Crippen molar-refractivity contribution in [2.75, 3.05) is 0 Å². The van der Waals surface area contributed by atoms with Gasteiger partial charge >= 0.3 is 0 Å². The molecule has 0 aliphatic heterocycles. The number of hydrogen-bond donors (Lipinski definition) is 1. The van der Waals surface area contributed by atoms with Crippen molar-refractivity contribution in [3.63, 3.8) is 0 Å². The van der Waals surface area contributed by atoms with Gasteiger partial charge in [-0.3, -0.25) is 15.3 Å². The molecular formula is C15H20N4S. The van der Waals surface area contributed by atoms with Crippen molar-refractivity contribution < 1.29 is 0 Å². The normalized spacial score (nSPS) is 17.5. The minimum absolute atomic E-state index is 0.0471. The molecule has 106 valence electrons. The molecule has 0 radical (unpaired) electrons. The van der Waals surface area contributed by atoms with Crippen molar-refractivity contribution in [3.8, 4) is 0 Å². The predicted molar refractivity (Wildman–Crippen MR) is 80.6 cm³/mol. The molecule has 2 aromatic rings. The number of nitrogens with one attached hydrogen (secondary N) is 1. The molecule has 4 nitrogen and oxygen atoms in total. The van der Waals surface area contributed by atoms with Crippen LogP contribution in [0, 0.1) is 13.8 Å². The molecule has 0 spiro atoms. The number of rotatable bonds is 4. The third-order valence-corrected chi connectivity index (χ3v) is 5.09. The van der Waals surface area contributed by atoms with Crippen molar-refractivity contribution in [1.29, 1.82) is 0 Å². The van der Waals surface area contributed by atoms with Crippen molar-refractivity contribution in [2.45, 2.75) is 51.6 Å².